The van der Waals surface area contributed by atoms with Crippen LogP contribution in [0.15, 0.2) is 23.1 Å². The number of nitro groups is 1. The molecule has 1 fully saturated rings. The highest BCUT2D eigenvalue weighted by atomic mass is 35.5. The largest absolute Gasteiger partial charge is 0.315 e. The standard InChI is InChI=1S/C11H14ClN3O4S.ClH/c12-8-3-4-10(15(16)17)11(6-8)20(18,19)14-9-2-1-5-13-7-9;/h3-4,6,9,13-14H,1-2,5,7H2;1H. The van der Waals surface area contributed by atoms with Crippen molar-refractivity contribution in [1.29, 1.82) is 0 Å². The Bertz CT molecular complexity index is 618. The SMILES string of the molecule is Cl.O=[N+]([O-])c1ccc(Cl)cc1S(=O)(=O)NC1CCCNC1. The zero-order valence-corrected chi connectivity index (χ0v) is 13.3. The number of hydrogen-bond donors (Lipinski definition) is 2. The molecule has 0 aromatic heterocycles. The first-order chi connectivity index (χ1) is 9.40. The molecule has 0 bridgehead atoms. The van der Waals surface area contributed by atoms with Crippen molar-refractivity contribution in [2.24, 2.45) is 0 Å². The highest BCUT2D eigenvalue weighted by Crippen LogP contribution is 2.27. The molecule has 0 radical (unpaired) electrons. The lowest BCUT2D eigenvalue weighted by atomic mass is 10.1. The van der Waals surface area contributed by atoms with Crippen LogP contribution in [0, 0.1) is 10.1 Å². The van der Waals surface area contributed by atoms with Gasteiger partial charge in [-0.2, -0.15) is 0 Å². The Morgan fingerprint density at radius 3 is 2.71 bits per heavy atom. The van der Waals surface area contributed by atoms with Crippen molar-refractivity contribution in [2.45, 2.75) is 23.8 Å². The molecular weight excluding hydrogens is 341 g/mol. The van der Waals surface area contributed by atoms with E-state index in [1.54, 1.807) is 0 Å². The summed E-state index contributed by atoms with van der Waals surface area (Å²) in [4.78, 5) is 9.80. The summed E-state index contributed by atoms with van der Waals surface area (Å²) in [7, 11) is -3.97. The third-order valence-electron chi connectivity index (χ3n) is 3.03. The average Bonchev–Trinajstić information content (AvgIpc) is 2.39. The lowest BCUT2D eigenvalue weighted by Gasteiger charge is -2.23. The van der Waals surface area contributed by atoms with Gasteiger partial charge in [0.2, 0.25) is 10.0 Å². The van der Waals surface area contributed by atoms with Crippen molar-refractivity contribution in [3.05, 3.63) is 33.3 Å². The minimum absolute atomic E-state index is 0. The molecule has 10 heteroatoms. The predicted molar refractivity (Wildman–Crippen MR) is 81.6 cm³/mol. The quantitative estimate of drug-likeness (QED) is 0.632. The smallest absolute Gasteiger partial charge is 0.289 e. The lowest BCUT2D eigenvalue weighted by Crippen LogP contribution is -2.45. The maximum absolute atomic E-state index is 12.3. The number of nitrogens with one attached hydrogen (secondary N) is 2. The average molecular weight is 356 g/mol. The summed E-state index contributed by atoms with van der Waals surface area (Å²) < 4.78 is 27.0. The van der Waals surface area contributed by atoms with Gasteiger partial charge in [-0.3, -0.25) is 10.1 Å². The van der Waals surface area contributed by atoms with E-state index in [0.29, 0.717) is 13.0 Å². The number of rotatable bonds is 4. The first-order valence-electron chi connectivity index (χ1n) is 6.07. The molecule has 0 saturated carbocycles. The van der Waals surface area contributed by atoms with Gasteiger partial charge >= 0.3 is 0 Å². The molecule has 1 aliphatic heterocycles. The molecule has 7 nitrogen and oxygen atoms in total. The van der Waals surface area contributed by atoms with Crippen LogP contribution in [0.3, 0.4) is 0 Å². The van der Waals surface area contributed by atoms with Crippen LogP contribution in [-0.4, -0.2) is 32.5 Å². The van der Waals surface area contributed by atoms with Crippen LogP contribution in [0.4, 0.5) is 5.69 Å². The Labute approximate surface area is 133 Å². The highest BCUT2D eigenvalue weighted by Gasteiger charge is 2.28. The molecule has 0 amide bonds. The molecule has 2 rings (SSSR count). The second-order valence-corrected chi connectivity index (χ2v) is 6.65. The number of sulfonamides is 1. The first-order valence-corrected chi connectivity index (χ1v) is 7.93. The van der Waals surface area contributed by atoms with E-state index in [4.69, 9.17) is 11.6 Å². The second-order valence-electron chi connectivity index (χ2n) is 4.53. The zero-order chi connectivity index (χ0) is 14.8. The Balaban J connectivity index is 0.00000220. The maximum Gasteiger partial charge on any atom is 0.289 e. The normalized spacial score (nSPS) is 18.8. The van der Waals surface area contributed by atoms with Crippen molar-refractivity contribution >= 4 is 39.7 Å². The van der Waals surface area contributed by atoms with E-state index in [0.717, 1.165) is 25.1 Å². The van der Waals surface area contributed by atoms with Gasteiger partial charge in [0.1, 0.15) is 0 Å². The molecular formula is C11H15Cl2N3O4S. The van der Waals surface area contributed by atoms with E-state index in [9.17, 15) is 18.5 Å². The van der Waals surface area contributed by atoms with E-state index in [-0.39, 0.29) is 23.5 Å². The molecule has 0 aliphatic carbocycles. The van der Waals surface area contributed by atoms with Gasteiger partial charge in [0, 0.05) is 23.7 Å². The monoisotopic (exact) mass is 355 g/mol. The maximum atomic E-state index is 12.3. The molecule has 1 aromatic carbocycles. The number of benzene rings is 1. The van der Waals surface area contributed by atoms with Crippen LogP contribution >= 0.6 is 24.0 Å². The Morgan fingerprint density at radius 1 is 1.43 bits per heavy atom. The van der Waals surface area contributed by atoms with E-state index >= 15 is 0 Å². The van der Waals surface area contributed by atoms with Crippen LogP contribution in [0.25, 0.3) is 0 Å². The van der Waals surface area contributed by atoms with Crippen molar-refractivity contribution in [2.75, 3.05) is 13.1 Å². The van der Waals surface area contributed by atoms with Gasteiger partial charge < -0.3 is 5.32 Å². The number of halogens is 2. The molecule has 21 heavy (non-hydrogen) atoms. The summed E-state index contributed by atoms with van der Waals surface area (Å²) in [6.45, 7) is 1.35. The van der Waals surface area contributed by atoms with Crippen molar-refractivity contribution < 1.29 is 13.3 Å². The van der Waals surface area contributed by atoms with Crippen LogP contribution in [0.1, 0.15) is 12.8 Å². The van der Waals surface area contributed by atoms with Gasteiger partial charge in [0.25, 0.3) is 5.69 Å². The molecule has 118 valence electrons. The molecule has 1 heterocycles. The topological polar surface area (TPSA) is 101 Å². The van der Waals surface area contributed by atoms with Crippen molar-refractivity contribution in [3.8, 4) is 0 Å². The minimum Gasteiger partial charge on any atom is -0.315 e. The van der Waals surface area contributed by atoms with E-state index < -0.39 is 25.5 Å². The minimum atomic E-state index is -3.97. The van der Waals surface area contributed by atoms with Gasteiger partial charge in [0.05, 0.1) is 4.92 Å². The third-order valence-corrected chi connectivity index (χ3v) is 4.81. The van der Waals surface area contributed by atoms with E-state index in [1.165, 1.54) is 6.07 Å². The number of piperidine rings is 1. The highest BCUT2D eigenvalue weighted by molar-refractivity contribution is 7.89. The predicted octanol–water partition coefficient (Wildman–Crippen LogP) is 1.70. The Hall–Kier alpha value is -0.930. The molecule has 1 aliphatic rings. The van der Waals surface area contributed by atoms with Gasteiger partial charge in [-0.25, -0.2) is 13.1 Å². The zero-order valence-electron chi connectivity index (χ0n) is 10.9. The number of nitrogens with zero attached hydrogens (tertiary/aromatic N) is 1. The van der Waals surface area contributed by atoms with Gasteiger partial charge in [-0.1, -0.05) is 11.6 Å². The molecule has 1 aromatic rings. The van der Waals surface area contributed by atoms with Crippen molar-refractivity contribution in [1.82, 2.24) is 10.0 Å². The Morgan fingerprint density at radius 2 is 2.14 bits per heavy atom. The molecule has 1 saturated heterocycles. The fourth-order valence-electron chi connectivity index (χ4n) is 2.09. The molecule has 1 atom stereocenters. The summed E-state index contributed by atoms with van der Waals surface area (Å²) in [5.74, 6) is 0. The molecule has 0 spiro atoms. The first kappa shape index (κ1) is 18.1. The summed E-state index contributed by atoms with van der Waals surface area (Å²) in [5.41, 5.74) is -0.481. The van der Waals surface area contributed by atoms with E-state index in [1.807, 2.05) is 0 Å². The van der Waals surface area contributed by atoms with Gasteiger partial charge in [-0.05, 0) is 31.5 Å². The molecule has 2 N–H and O–H groups in total. The van der Waals surface area contributed by atoms with Gasteiger partial charge in [0.15, 0.2) is 4.90 Å². The fraction of sp³-hybridized carbons (Fsp3) is 0.455. The second kappa shape index (κ2) is 7.37. The summed E-state index contributed by atoms with van der Waals surface area (Å²) >= 11 is 5.74. The summed E-state index contributed by atoms with van der Waals surface area (Å²) in [6.07, 6.45) is 1.55. The summed E-state index contributed by atoms with van der Waals surface area (Å²) in [6, 6.07) is 3.21. The van der Waals surface area contributed by atoms with Crippen LogP contribution < -0.4 is 10.0 Å². The van der Waals surface area contributed by atoms with Crippen LogP contribution in [-0.2, 0) is 10.0 Å². The van der Waals surface area contributed by atoms with Crippen molar-refractivity contribution in [3.63, 3.8) is 0 Å². The van der Waals surface area contributed by atoms with Crippen LogP contribution in [0.5, 0.6) is 0 Å². The molecule has 1 unspecified atom stereocenters. The Kier molecular flexibility index (Phi) is 6.36. The third kappa shape index (κ3) is 4.52. The van der Waals surface area contributed by atoms with E-state index in [2.05, 4.69) is 10.0 Å². The van der Waals surface area contributed by atoms with Gasteiger partial charge in [-0.15, -0.1) is 12.4 Å². The number of hydrogen-bond acceptors (Lipinski definition) is 5. The fourth-order valence-corrected chi connectivity index (χ4v) is 3.79. The summed E-state index contributed by atoms with van der Waals surface area (Å²) in [5, 5.41) is 14.1. The number of nitro benzene ring substituents is 1. The lowest BCUT2D eigenvalue weighted by molar-refractivity contribution is -0.387. The van der Waals surface area contributed by atoms with Crippen LogP contribution in [0.2, 0.25) is 5.02 Å².